The molecule has 1 saturated carbocycles. The predicted octanol–water partition coefficient (Wildman–Crippen LogP) is 2.87. The van der Waals surface area contributed by atoms with Crippen molar-refractivity contribution in [1.29, 1.82) is 0 Å². The van der Waals surface area contributed by atoms with Gasteiger partial charge in [0.15, 0.2) is 0 Å². The number of nitrogens with one attached hydrogen (secondary N) is 1. The van der Waals surface area contributed by atoms with Crippen LogP contribution in [0.15, 0.2) is 29.8 Å². The Morgan fingerprint density at radius 3 is 3.00 bits per heavy atom. The largest absolute Gasteiger partial charge is 0.324 e. The summed E-state index contributed by atoms with van der Waals surface area (Å²) in [5.74, 6) is -0.289. The van der Waals surface area contributed by atoms with Crippen LogP contribution >= 0.6 is 11.3 Å². The van der Waals surface area contributed by atoms with Gasteiger partial charge in [-0.15, -0.1) is 10.2 Å². The molecule has 3 rings (SSSR count). The van der Waals surface area contributed by atoms with Crippen LogP contribution in [0.1, 0.15) is 18.4 Å². The number of anilines is 1. The second kappa shape index (κ2) is 5.54. The molecule has 104 valence electrons. The number of hydrogen-bond acceptors (Lipinski definition) is 4. The fourth-order valence-electron chi connectivity index (χ4n) is 1.98. The number of hydrogen-bond donors (Lipinski definition) is 1. The number of halogens is 1. The second-order valence-electron chi connectivity index (χ2n) is 4.66. The third kappa shape index (κ3) is 3.11. The van der Waals surface area contributed by atoms with E-state index in [0.717, 1.165) is 18.4 Å². The van der Waals surface area contributed by atoms with Gasteiger partial charge in [-0.1, -0.05) is 23.5 Å². The third-order valence-corrected chi connectivity index (χ3v) is 3.67. The molecule has 0 unspecified atom stereocenters. The van der Waals surface area contributed by atoms with E-state index in [9.17, 15) is 9.18 Å². The van der Waals surface area contributed by atoms with E-state index in [0.29, 0.717) is 11.7 Å². The van der Waals surface area contributed by atoms with Crippen LogP contribution in [0.5, 0.6) is 0 Å². The first-order chi connectivity index (χ1) is 9.72. The average Bonchev–Trinajstić information content (AvgIpc) is 3.14. The number of nitrogens with zero attached hydrogens (tertiary/aromatic N) is 3. The van der Waals surface area contributed by atoms with Gasteiger partial charge in [0.05, 0.1) is 0 Å². The van der Waals surface area contributed by atoms with E-state index in [1.807, 2.05) is 6.07 Å². The minimum absolute atomic E-state index is 0.214. The molecule has 7 heteroatoms. The maximum Gasteiger partial charge on any atom is 0.324 e. The molecule has 2 aromatic rings. The summed E-state index contributed by atoms with van der Waals surface area (Å²) < 4.78 is 13.2. The van der Waals surface area contributed by atoms with Crippen molar-refractivity contribution in [2.24, 2.45) is 0 Å². The third-order valence-electron chi connectivity index (χ3n) is 3.06. The number of carbonyl (C=O) groups is 1. The summed E-state index contributed by atoms with van der Waals surface area (Å²) in [5, 5.41) is 10.7. The van der Waals surface area contributed by atoms with Crippen molar-refractivity contribution < 1.29 is 9.18 Å². The van der Waals surface area contributed by atoms with Crippen LogP contribution in [0.25, 0.3) is 0 Å². The van der Waals surface area contributed by atoms with E-state index in [4.69, 9.17) is 0 Å². The molecule has 0 radical (unpaired) electrons. The average molecular weight is 292 g/mol. The fourth-order valence-corrected chi connectivity index (χ4v) is 2.41. The zero-order valence-electron chi connectivity index (χ0n) is 10.6. The Bertz CT molecular complexity index is 600. The molecule has 1 N–H and O–H groups in total. The smallest absolute Gasteiger partial charge is 0.317 e. The molecule has 0 spiro atoms. The van der Waals surface area contributed by atoms with Crippen molar-refractivity contribution in [2.45, 2.75) is 25.4 Å². The highest BCUT2D eigenvalue weighted by molar-refractivity contribution is 7.13. The topological polar surface area (TPSA) is 58.1 Å². The van der Waals surface area contributed by atoms with E-state index < -0.39 is 0 Å². The Hall–Kier alpha value is -2.02. The normalized spacial score (nSPS) is 14.1. The zero-order chi connectivity index (χ0) is 13.9. The summed E-state index contributed by atoms with van der Waals surface area (Å²) in [4.78, 5) is 14.0. The van der Waals surface area contributed by atoms with E-state index in [1.54, 1.807) is 16.5 Å². The molecule has 1 aromatic carbocycles. The Morgan fingerprint density at radius 1 is 1.50 bits per heavy atom. The van der Waals surface area contributed by atoms with Gasteiger partial charge in [-0.05, 0) is 30.5 Å². The van der Waals surface area contributed by atoms with Gasteiger partial charge in [0.25, 0.3) is 0 Å². The molecule has 1 aliphatic rings. The summed E-state index contributed by atoms with van der Waals surface area (Å²) >= 11 is 1.27. The molecule has 1 fully saturated rings. The number of rotatable bonds is 4. The molecular weight excluding hydrogens is 279 g/mol. The van der Waals surface area contributed by atoms with Crippen LogP contribution in [0, 0.1) is 5.82 Å². The number of amides is 2. The van der Waals surface area contributed by atoms with Crippen LogP contribution < -0.4 is 5.32 Å². The maximum atomic E-state index is 13.2. The molecule has 1 aliphatic carbocycles. The van der Waals surface area contributed by atoms with Crippen molar-refractivity contribution >= 4 is 22.5 Å². The Labute approximate surface area is 119 Å². The first-order valence-corrected chi connectivity index (χ1v) is 7.18. The van der Waals surface area contributed by atoms with Crippen molar-refractivity contribution in [3.8, 4) is 0 Å². The summed E-state index contributed by atoms with van der Waals surface area (Å²) in [6.45, 7) is 0.396. The zero-order valence-corrected chi connectivity index (χ0v) is 11.4. The molecule has 1 heterocycles. The van der Waals surface area contributed by atoms with Gasteiger partial charge in [0, 0.05) is 12.6 Å². The van der Waals surface area contributed by atoms with Crippen molar-refractivity contribution in [1.82, 2.24) is 15.1 Å². The first-order valence-electron chi connectivity index (χ1n) is 6.30. The Balaban J connectivity index is 1.70. The summed E-state index contributed by atoms with van der Waals surface area (Å²) in [5.41, 5.74) is 2.34. The number of carbonyl (C=O) groups excluding carboxylic acids is 1. The van der Waals surface area contributed by atoms with Gasteiger partial charge in [0.2, 0.25) is 5.13 Å². The molecule has 0 atom stereocenters. The quantitative estimate of drug-likeness (QED) is 0.942. The summed E-state index contributed by atoms with van der Waals surface area (Å²) in [6, 6.07) is 6.33. The molecule has 1 aromatic heterocycles. The first kappa shape index (κ1) is 13.0. The summed E-state index contributed by atoms with van der Waals surface area (Å²) in [6.07, 6.45) is 1.97. The molecule has 0 aliphatic heterocycles. The number of benzene rings is 1. The summed E-state index contributed by atoms with van der Waals surface area (Å²) in [7, 11) is 0. The van der Waals surface area contributed by atoms with Crippen molar-refractivity contribution in [2.75, 3.05) is 5.32 Å². The Morgan fingerprint density at radius 2 is 2.35 bits per heavy atom. The van der Waals surface area contributed by atoms with E-state index in [2.05, 4.69) is 15.5 Å². The van der Waals surface area contributed by atoms with Crippen molar-refractivity contribution in [3.05, 3.63) is 41.2 Å². The monoisotopic (exact) mass is 292 g/mol. The number of aromatic nitrogens is 2. The van der Waals surface area contributed by atoms with Crippen LogP contribution in [-0.2, 0) is 6.54 Å². The molecule has 0 saturated heterocycles. The maximum absolute atomic E-state index is 13.2. The minimum Gasteiger partial charge on any atom is -0.317 e. The van der Waals surface area contributed by atoms with Gasteiger partial charge in [0.1, 0.15) is 11.3 Å². The van der Waals surface area contributed by atoms with Crippen molar-refractivity contribution in [3.63, 3.8) is 0 Å². The lowest BCUT2D eigenvalue weighted by Crippen LogP contribution is -2.36. The lowest BCUT2D eigenvalue weighted by molar-refractivity contribution is 0.206. The molecule has 5 nitrogen and oxygen atoms in total. The van der Waals surface area contributed by atoms with Gasteiger partial charge in [-0.2, -0.15) is 0 Å². The highest BCUT2D eigenvalue weighted by Gasteiger charge is 2.33. The highest BCUT2D eigenvalue weighted by Crippen LogP contribution is 2.29. The molecular formula is C13H13FN4OS. The lowest BCUT2D eigenvalue weighted by atomic mass is 10.2. The van der Waals surface area contributed by atoms with Gasteiger partial charge >= 0.3 is 6.03 Å². The van der Waals surface area contributed by atoms with Gasteiger partial charge in [-0.3, -0.25) is 5.32 Å². The molecule has 0 bridgehead atoms. The molecule has 2 amide bonds. The van der Waals surface area contributed by atoms with Gasteiger partial charge < -0.3 is 4.90 Å². The van der Waals surface area contributed by atoms with Crippen LogP contribution in [0.2, 0.25) is 0 Å². The highest BCUT2D eigenvalue weighted by atomic mass is 32.1. The SMILES string of the molecule is O=C(Nc1nncs1)N(Cc1cccc(F)c1)C1CC1. The van der Waals surface area contributed by atoms with Crippen LogP contribution in [0.4, 0.5) is 14.3 Å². The number of urea groups is 1. The predicted molar refractivity (Wildman–Crippen MR) is 73.9 cm³/mol. The van der Waals surface area contributed by atoms with Crippen LogP contribution in [0.3, 0.4) is 0 Å². The standard InChI is InChI=1S/C13H13FN4OS/c14-10-3-1-2-9(6-10)7-18(11-4-5-11)13(19)16-12-17-15-8-20-12/h1-3,6,8,11H,4-5,7H2,(H,16,17,19). The Kier molecular flexibility index (Phi) is 3.60. The van der Waals surface area contributed by atoms with E-state index >= 15 is 0 Å². The minimum atomic E-state index is -0.289. The van der Waals surface area contributed by atoms with E-state index in [-0.39, 0.29) is 17.9 Å². The lowest BCUT2D eigenvalue weighted by Gasteiger charge is -2.22. The molecule has 20 heavy (non-hydrogen) atoms. The van der Waals surface area contributed by atoms with Crippen LogP contribution in [-0.4, -0.2) is 27.2 Å². The van der Waals surface area contributed by atoms with E-state index in [1.165, 1.54) is 23.5 Å². The van der Waals surface area contributed by atoms with Gasteiger partial charge in [-0.25, -0.2) is 9.18 Å². The second-order valence-corrected chi connectivity index (χ2v) is 5.50. The fraction of sp³-hybridized carbons (Fsp3) is 0.308.